The van der Waals surface area contributed by atoms with Crippen molar-refractivity contribution in [1.82, 2.24) is 0 Å². The molecule has 0 aliphatic heterocycles. The molecule has 1 aliphatic rings. The fourth-order valence-corrected chi connectivity index (χ4v) is 13.0. The Labute approximate surface area is 318 Å². The number of benzene rings is 2. The van der Waals surface area contributed by atoms with Gasteiger partial charge in [-0.25, -0.2) is 0 Å². The average Bonchev–Trinajstić information content (AvgIpc) is 3.14. The largest absolute Gasteiger partial charge is 0.481 e. The van der Waals surface area contributed by atoms with E-state index < -0.39 is 49.6 Å². The molecule has 0 aromatic heterocycles. The monoisotopic (exact) mass is 758 g/mol. The van der Waals surface area contributed by atoms with E-state index in [4.69, 9.17) is 14.6 Å². The van der Waals surface area contributed by atoms with Crippen molar-refractivity contribution in [2.45, 2.75) is 129 Å². The van der Waals surface area contributed by atoms with Crippen LogP contribution in [-0.4, -0.2) is 83.8 Å². The maximum Gasteiger partial charge on any atom is 0.320 e. The number of aliphatic hydroxyl groups excluding tert-OH is 2. The summed E-state index contributed by atoms with van der Waals surface area (Å²) in [5.74, 6) is -5.46. The average molecular weight is 759 g/mol. The SMILES string of the molecule is CCC(O)(CC)C(CO)(CCO)CCC1(CCO[Si](c2ccccc2)(c2ccccc2)C(C)(C)C)CCCCC1.CCOC(=O)C(CC(=O)O)C(=O)O. The van der Waals surface area contributed by atoms with Gasteiger partial charge in [0.05, 0.1) is 25.2 Å². The summed E-state index contributed by atoms with van der Waals surface area (Å²) in [5, 5.41) is 51.5. The molecule has 1 fully saturated rings. The van der Waals surface area contributed by atoms with Gasteiger partial charge in [-0.05, 0) is 79.1 Å². The lowest BCUT2D eigenvalue weighted by Gasteiger charge is -2.49. The van der Waals surface area contributed by atoms with Crippen molar-refractivity contribution >= 4 is 36.6 Å². The first-order valence-corrected chi connectivity index (χ1v) is 21.3. The lowest BCUT2D eigenvalue weighted by Crippen LogP contribution is -2.66. The summed E-state index contributed by atoms with van der Waals surface area (Å²) in [5.41, 5.74) is -1.54. The molecular weight excluding hydrogens is 693 g/mol. The number of ether oxygens (including phenoxy) is 1. The van der Waals surface area contributed by atoms with Gasteiger partial charge in [0, 0.05) is 18.6 Å². The topological polar surface area (TPSA) is 171 Å². The standard InChI is InChI=1S/C35H56O4Si.C7H10O6/c1-6-35(38,7-2)34(29-37,25-27-36)24-23-33(21-15-10-16-22-33)26-28-39-40(32(3,4)5,30-17-11-8-12-18-30)31-19-13-9-14-20-31;1-2-13-7(12)4(6(10)11)3-5(8)9/h8-9,11-14,17-20,36-38H,6-7,10,15-16,21-29H2,1-5H3;4H,2-3H2,1H3,(H,8,9)(H,10,11). The van der Waals surface area contributed by atoms with E-state index in [0.29, 0.717) is 25.9 Å². The predicted molar refractivity (Wildman–Crippen MR) is 210 cm³/mol. The minimum atomic E-state index is -2.60. The van der Waals surface area contributed by atoms with Crippen molar-refractivity contribution in [3.63, 3.8) is 0 Å². The molecule has 298 valence electrons. The molecule has 2 unspecified atom stereocenters. The van der Waals surface area contributed by atoms with Gasteiger partial charge in [-0.2, -0.15) is 0 Å². The Kier molecular flexibility index (Phi) is 18.4. The second kappa shape index (κ2) is 21.1. The zero-order valence-electron chi connectivity index (χ0n) is 32.9. The Morgan fingerprint density at radius 2 is 1.34 bits per heavy atom. The van der Waals surface area contributed by atoms with Crippen LogP contribution in [0.2, 0.25) is 5.04 Å². The van der Waals surface area contributed by atoms with Crippen LogP contribution >= 0.6 is 0 Å². The van der Waals surface area contributed by atoms with Crippen LogP contribution in [0.1, 0.15) is 119 Å². The molecule has 0 bridgehead atoms. The number of hydrogen-bond acceptors (Lipinski definition) is 8. The third kappa shape index (κ3) is 11.7. The summed E-state index contributed by atoms with van der Waals surface area (Å²) in [4.78, 5) is 31.4. The number of esters is 1. The van der Waals surface area contributed by atoms with Crippen LogP contribution in [0.25, 0.3) is 0 Å². The lowest BCUT2D eigenvalue weighted by molar-refractivity contribution is -0.162. The first kappa shape index (κ1) is 46.1. The molecule has 3 rings (SSSR count). The number of aliphatic hydroxyl groups is 3. The molecule has 5 N–H and O–H groups in total. The van der Waals surface area contributed by atoms with E-state index >= 15 is 0 Å². The molecule has 2 aromatic rings. The van der Waals surface area contributed by atoms with Crippen molar-refractivity contribution in [3.8, 4) is 0 Å². The highest BCUT2D eigenvalue weighted by molar-refractivity contribution is 6.99. The molecule has 0 radical (unpaired) electrons. The predicted octanol–water partition coefficient (Wildman–Crippen LogP) is 6.32. The third-order valence-corrected chi connectivity index (χ3v) is 16.8. The third-order valence-electron chi connectivity index (χ3n) is 11.7. The molecule has 53 heavy (non-hydrogen) atoms. The van der Waals surface area contributed by atoms with Crippen LogP contribution in [-0.2, 0) is 23.5 Å². The normalized spacial score (nSPS) is 16.4. The fraction of sp³-hybridized carbons (Fsp3) is 0.643. The van der Waals surface area contributed by atoms with E-state index in [2.05, 4.69) is 86.2 Å². The Morgan fingerprint density at radius 3 is 1.74 bits per heavy atom. The van der Waals surface area contributed by atoms with Crippen LogP contribution in [0.15, 0.2) is 60.7 Å². The molecule has 2 atom stereocenters. The fourth-order valence-electron chi connectivity index (χ4n) is 8.41. The highest BCUT2D eigenvalue weighted by Gasteiger charge is 2.51. The van der Waals surface area contributed by atoms with Gasteiger partial charge >= 0.3 is 17.9 Å². The van der Waals surface area contributed by atoms with Gasteiger partial charge in [-0.3, -0.25) is 14.4 Å². The molecular formula is C42H66O10Si. The van der Waals surface area contributed by atoms with E-state index in [-0.39, 0.29) is 30.3 Å². The van der Waals surface area contributed by atoms with Crippen molar-refractivity contribution in [1.29, 1.82) is 0 Å². The quantitative estimate of drug-likeness (QED) is 0.0585. The highest BCUT2D eigenvalue weighted by atomic mass is 28.4. The second-order valence-electron chi connectivity index (χ2n) is 15.7. The first-order chi connectivity index (χ1) is 25.1. The molecule has 2 aromatic carbocycles. The van der Waals surface area contributed by atoms with Gasteiger partial charge in [0.1, 0.15) is 0 Å². The number of carboxylic acids is 2. The number of aliphatic carboxylic acids is 2. The smallest absolute Gasteiger partial charge is 0.320 e. The van der Waals surface area contributed by atoms with E-state index in [1.165, 1.54) is 36.6 Å². The number of rotatable bonds is 20. The van der Waals surface area contributed by atoms with Crippen LogP contribution in [0.5, 0.6) is 0 Å². The summed E-state index contributed by atoms with van der Waals surface area (Å²) in [7, 11) is -2.60. The van der Waals surface area contributed by atoms with E-state index in [0.717, 1.165) is 32.1 Å². The van der Waals surface area contributed by atoms with Crippen LogP contribution in [0.3, 0.4) is 0 Å². The summed E-state index contributed by atoms with van der Waals surface area (Å²) < 4.78 is 11.7. The summed E-state index contributed by atoms with van der Waals surface area (Å²) >= 11 is 0. The van der Waals surface area contributed by atoms with Crippen LogP contribution < -0.4 is 10.4 Å². The minimum Gasteiger partial charge on any atom is -0.481 e. The van der Waals surface area contributed by atoms with Gasteiger partial charge in [0.15, 0.2) is 5.92 Å². The molecule has 0 saturated heterocycles. The molecule has 0 spiro atoms. The van der Waals surface area contributed by atoms with Gasteiger partial charge in [0.25, 0.3) is 8.32 Å². The van der Waals surface area contributed by atoms with Gasteiger partial charge in [-0.15, -0.1) is 0 Å². The molecule has 0 amide bonds. The summed E-state index contributed by atoms with van der Waals surface area (Å²) in [6, 6.07) is 21.7. The van der Waals surface area contributed by atoms with E-state index in [9.17, 15) is 29.7 Å². The van der Waals surface area contributed by atoms with Crippen LogP contribution in [0.4, 0.5) is 0 Å². The maximum atomic E-state index is 11.6. The Bertz CT molecular complexity index is 1340. The van der Waals surface area contributed by atoms with Gasteiger partial charge < -0.3 is 34.7 Å². The second-order valence-corrected chi connectivity index (χ2v) is 20.0. The van der Waals surface area contributed by atoms with Crippen LogP contribution in [0, 0.1) is 16.7 Å². The Morgan fingerprint density at radius 1 is 0.811 bits per heavy atom. The van der Waals surface area contributed by atoms with Crippen molar-refractivity contribution in [2.75, 3.05) is 26.4 Å². The number of carbonyl (C=O) groups is 3. The zero-order chi connectivity index (χ0) is 39.8. The Hall–Kier alpha value is -3.09. The summed E-state index contributed by atoms with van der Waals surface area (Å²) in [6.07, 6.45) is 9.51. The number of hydrogen-bond donors (Lipinski definition) is 5. The maximum absolute atomic E-state index is 11.6. The Balaban J connectivity index is 0.000000636. The zero-order valence-corrected chi connectivity index (χ0v) is 33.9. The van der Waals surface area contributed by atoms with E-state index in [1.807, 2.05) is 13.8 Å². The number of carbonyl (C=O) groups excluding carboxylic acids is 1. The van der Waals surface area contributed by atoms with Gasteiger partial charge in [0.2, 0.25) is 0 Å². The molecule has 1 aliphatic carbocycles. The highest BCUT2D eigenvalue weighted by Crippen LogP contribution is 2.50. The van der Waals surface area contributed by atoms with Gasteiger partial charge in [-0.1, -0.05) is 115 Å². The van der Waals surface area contributed by atoms with Crippen molar-refractivity contribution in [3.05, 3.63) is 60.7 Å². The molecule has 1 saturated carbocycles. The molecule has 0 heterocycles. The summed E-state index contributed by atoms with van der Waals surface area (Å²) in [6.45, 7) is 13.1. The first-order valence-electron chi connectivity index (χ1n) is 19.4. The number of carboxylic acid groups (broad SMARTS) is 2. The lowest BCUT2D eigenvalue weighted by atomic mass is 9.60. The molecule has 10 nitrogen and oxygen atoms in total. The van der Waals surface area contributed by atoms with E-state index in [1.54, 1.807) is 0 Å². The van der Waals surface area contributed by atoms with Crippen molar-refractivity contribution in [2.24, 2.45) is 16.7 Å². The minimum absolute atomic E-state index is 0.0210. The molecule has 11 heteroatoms. The van der Waals surface area contributed by atoms with Crippen molar-refractivity contribution < 1.29 is 49.1 Å².